The van der Waals surface area contributed by atoms with Gasteiger partial charge in [0.15, 0.2) is 5.82 Å². The number of benzene rings is 1. The molecule has 0 aliphatic carbocycles. The van der Waals surface area contributed by atoms with Crippen LogP contribution in [0.4, 0.5) is 0 Å². The Bertz CT molecular complexity index is 494. The molecule has 5 heteroatoms. The van der Waals surface area contributed by atoms with Crippen molar-refractivity contribution in [3.8, 4) is 5.75 Å². The second kappa shape index (κ2) is 4.97. The fourth-order valence-electron chi connectivity index (χ4n) is 1.46. The highest BCUT2D eigenvalue weighted by Crippen LogP contribution is 2.19. The molecule has 0 bridgehead atoms. The molecule has 2 rings (SSSR count). The molecule has 0 saturated heterocycles. The summed E-state index contributed by atoms with van der Waals surface area (Å²) in [4.78, 5) is 4.07. The number of aliphatic hydroxyl groups is 1. The van der Waals surface area contributed by atoms with Crippen LogP contribution in [0.1, 0.15) is 24.4 Å². The van der Waals surface area contributed by atoms with Crippen molar-refractivity contribution in [2.45, 2.75) is 19.6 Å². The summed E-state index contributed by atoms with van der Waals surface area (Å²) in [5.41, 5.74) is 0.834. The molecule has 2 aromatic rings. The quantitative estimate of drug-likeness (QED) is 0.868. The number of hydrogen-bond donors (Lipinski definition) is 1. The van der Waals surface area contributed by atoms with Crippen LogP contribution in [0.5, 0.6) is 5.75 Å². The van der Waals surface area contributed by atoms with E-state index in [0.717, 1.165) is 11.4 Å². The Labute approximate surface area is 99.7 Å². The van der Waals surface area contributed by atoms with Crippen LogP contribution < -0.4 is 4.74 Å². The number of ether oxygens (including phenoxy) is 1. The van der Waals surface area contributed by atoms with Gasteiger partial charge < -0.3 is 9.84 Å². The summed E-state index contributed by atoms with van der Waals surface area (Å²) in [6.07, 6.45) is 0.999. The van der Waals surface area contributed by atoms with E-state index in [0.29, 0.717) is 12.4 Å². The number of rotatable bonds is 4. The van der Waals surface area contributed by atoms with Crippen LogP contribution in [0.3, 0.4) is 0 Å². The fraction of sp³-hybridized carbons (Fsp3) is 0.333. The van der Waals surface area contributed by atoms with Crippen LogP contribution in [0, 0.1) is 0 Å². The second-order valence-electron chi connectivity index (χ2n) is 3.84. The van der Waals surface area contributed by atoms with Gasteiger partial charge in [0.1, 0.15) is 18.7 Å². The van der Waals surface area contributed by atoms with Crippen LogP contribution in [0.15, 0.2) is 30.6 Å². The van der Waals surface area contributed by atoms with Crippen molar-refractivity contribution in [1.29, 1.82) is 0 Å². The highest BCUT2D eigenvalue weighted by Gasteiger charge is 2.04. The molecule has 0 amide bonds. The molecule has 1 aromatic carbocycles. The van der Waals surface area contributed by atoms with Crippen molar-refractivity contribution < 1.29 is 9.84 Å². The van der Waals surface area contributed by atoms with E-state index < -0.39 is 6.10 Å². The van der Waals surface area contributed by atoms with E-state index in [4.69, 9.17) is 4.74 Å². The Morgan fingerprint density at radius 1 is 1.47 bits per heavy atom. The SMILES string of the molecule is C[C@@H](O)c1cccc(OCc2ncnn2C)c1. The Morgan fingerprint density at radius 3 is 2.94 bits per heavy atom. The fourth-order valence-corrected chi connectivity index (χ4v) is 1.46. The maximum atomic E-state index is 9.46. The molecule has 17 heavy (non-hydrogen) atoms. The van der Waals surface area contributed by atoms with Crippen LogP contribution in [0.2, 0.25) is 0 Å². The largest absolute Gasteiger partial charge is 0.486 e. The van der Waals surface area contributed by atoms with Gasteiger partial charge in [-0.15, -0.1) is 0 Å². The molecule has 0 radical (unpaired) electrons. The first kappa shape index (κ1) is 11.6. The van der Waals surface area contributed by atoms with E-state index in [9.17, 15) is 5.11 Å². The van der Waals surface area contributed by atoms with Gasteiger partial charge in [0.05, 0.1) is 6.10 Å². The molecular weight excluding hydrogens is 218 g/mol. The highest BCUT2D eigenvalue weighted by molar-refractivity contribution is 5.29. The summed E-state index contributed by atoms with van der Waals surface area (Å²) in [5, 5.41) is 13.4. The van der Waals surface area contributed by atoms with Crippen molar-refractivity contribution >= 4 is 0 Å². The van der Waals surface area contributed by atoms with Crippen LogP contribution in [0.25, 0.3) is 0 Å². The maximum Gasteiger partial charge on any atom is 0.164 e. The third-order valence-corrected chi connectivity index (χ3v) is 2.51. The predicted octanol–water partition coefficient (Wildman–Crippen LogP) is 1.45. The van der Waals surface area contributed by atoms with Gasteiger partial charge in [0, 0.05) is 7.05 Å². The Kier molecular flexibility index (Phi) is 3.39. The van der Waals surface area contributed by atoms with Gasteiger partial charge in [-0.3, -0.25) is 4.68 Å². The van der Waals surface area contributed by atoms with E-state index in [1.54, 1.807) is 11.6 Å². The minimum atomic E-state index is -0.492. The minimum Gasteiger partial charge on any atom is -0.486 e. The summed E-state index contributed by atoms with van der Waals surface area (Å²) in [7, 11) is 1.82. The maximum absolute atomic E-state index is 9.46. The molecule has 90 valence electrons. The van der Waals surface area contributed by atoms with Gasteiger partial charge in [-0.1, -0.05) is 12.1 Å². The molecule has 0 fully saturated rings. The summed E-state index contributed by atoms with van der Waals surface area (Å²) in [5.74, 6) is 1.47. The van der Waals surface area contributed by atoms with Crippen molar-refractivity contribution in [3.05, 3.63) is 42.0 Å². The molecule has 1 heterocycles. The van der Waals surface area contributed by atoms with Crippen LogP contribution in [-0.2, 0) is 13.7 Å². The molecule has 5 nitrogen and oxygen atoms in total. The first-order chi connectivity index (χ1) is 8.16. The normalized spacial score (nSPS) is 12.4. The number of nitrogens with zero attached hydrogens (tertiary/aromatic N) is 3. The van der Waals surface area contributed by atoms with Gasteiger partial charge in [0.2, 0.25) is 0 Å². The van der Waals surface area contributed by atoms with Crippen molar-refractivity contribution in [3.63, 3.8) is 0 Å². The van der Waals surface area contributed by atoms with Crippen molar-refractivity contribution in [1.82, 2.24) is 14.8 Å². The first-order valence-electron chi connectivity index (χ1n) is 5.40. The van der Waals surface area contributed by atoms with Gasteiger partial charge in [-0.25, -0.2) is 4.98 Å². The minimum absolute atomic E-state index is 0.361. The summed E-state index contributed by atoms with van der Waals surface area (Å²) in [6.45, 7) is 2.08. The lowest BCUT2D eigenvalue weighted by Crippen LogP contribution is -2.04. The third kappa shape index (κ3) is 2.82. The molecule has 0 saturated carbocycles. The molecule has 0 spiro atoms. The molecular formula is C12H15N3O2. The van der Waals surface area contributed by atoms with E-state index in [1.807, 2.05) is 31.3 Å². The number of hydrogen-bond acceptors (Lipinski definition) is 4. The predicted molar refractivity (Wildman–Crippen MR) is 62.4 cm³/mol. The highest BCUT2D eigenvalue weighted by atomic mass is 16.5. The molecule has 1 aromatic heterocycles. The van der Waals surface area contributed by atoms with E-state index in [2.05, 4.69) is 10.1 Å². The van der Waals surface area contributed by atoms with E-state index in [1.165, 1.54) is 6.33 Å². The topological polar surface area (TPSA) is 60.2 Å². The Hall–Kier alpha value is -1.88. The van der Waals surface area contributed by atoms with Crippen LogP contribution >= 0.6 is 0 Å². The molecule has 1 N–H and O–H groups in total. The summed E-state index contributed by atoms with van der Waals surface area (Å²) >= 11 is 0. The zero-order valence-electron chi connectivity index (χ0n) is 9.87. The van der Waals surface area contributed by atoms with Crippen molar-refractivity contribution in [2.75, 3.05) is 0 Å². The smallest absolute Gasteiger partial charge is 0.164 e. The first-order valence-corrected chi connectivity index (χ1v) is 5.40. The lowest BCUT2D eigenvalue weighted by molar-refractivity contribution is 0.198. The van der Waals surface area contributed by atoms with Crippen LogP contribution in [-0.4, -0.2) is 19.9 Å². The van der Waals surface area contributed by atoms with Gasteiger partial charge >= 0.3 is 0 Å². The standard InChI is InChI=1S/C12H15N3O2/c1-9(16)10-4-3-5-11(6-10)17-7-12-13-8-14-15(12)2/h3-6,8-9,16H,7H2,1-2H3/t9-/m1/s1. The monoisotopic (exact) mass is 233 g/mol. The number of aryl methyl sites for hydroxylation is 1. The average Bonchev–Trinajstić information content (AvgIpc) is 2.72. The number of aliphatic hydroxyl groups excluding tert-OH is 1. The molecule has 0 aliphatic rings. The van der Waals surface area contributed by atoms with E-state index in [-0.39, 0.29) is 0 Å². The lowest BCUT2D eigenvalue weighted by Gasteiger charge is -2.09. The summed E-state index contributed by atoms with van der Waals surface area (Å²) < 4.78 is 7.25. The average molecular weight is 233 g/mol. The van der Waals surface area contributed by atoms with Gasteiger partial charge in [-0.05, 0) is 24.6 Å². The second-order valence-corrected chi connectivity index (χ2v) is 3.84. The Morgan fingerprint density at radius 2 is 2.29 bits per heavy atom. The Balaban J connectivity index is 2.04. The third-order valence-electron chi connectivity index (χ3n) is 2.51. The number of aromatic nitrogens is 3. The molecule has 0 aliphatic heterocycles. The lowest BCUT2D eigenvalue weighted by atomic mass is 10.1. The molecule has 0 unspecified atom stereocenters. The van der Waals surface area contributed by atoms with E-state index >= 15 is 0 Å². The zero-order chi connectivity index (χ0) is 12.3. The van der Waals surface area contributed by atoms with Crippen molar-refractivity contribution in [2.24, 2.45) is 7.05 Å². The zero-order valence-corrected chi connectivity index (χ0v) is 9.87. The van der Waals surface area contributed by atoms with Gasteiger partial charge in [-0.2, -0.15) is 5.10 Å². The summed E-state index contributed by atoms with van der Waals surface area (Å²) in [6, 6.07) is 7.39. The van der Waals surface area contributed by atoms with Gasteiger partial charge in [0.25, 0.3) is 0 Å². The molecule has 1 atom stereocenters.